The van der Waals surface area contributed by atoms with E-state index in [2.05, 4.69) is 10.00 Å². The molecule has 2 aromatic rings. The molecule has 2 heterocycles. The van der Waals surface area contributed by atoms with Crippen LogP contribution in [-0.4, -0.2) is 46.4 Å². The molecule has 1 aromatic heterocycles. The Morgan fingerprint density at radius 3 is 2.62 bits per heavy atom. The smallest absolute Gasteiger partial charge is 0.254 e. The van der Waals surface area contributed by atoms with Crippen LogP contribution in [0.4, 0.5) is 0 Å². The molecule has 1 aromatic carbocycles. The summed E-state index contributed by atoms with van der Waals surface area (Å²) in [5.74, 6) is 0.633. The predicted molar refractivity (Wildman–Crippen MR) is 91.3 cm³/mol. The van der Waals surface area contributed by atoms with Gasteiger partial charge in [-0.1, -0.05) is 0 Å². The van der Waals surface area contributed by atoms with E-state index in [1.165, 1.54) is 0 Å². The molecule has 126 valence electrons. The SMILES string of the molecule is Cc1ccnn1-c1ccc(C(=O)N(C[C@H]2CCOC2)C2CC2)cc1. The van der Waals surface area contributed by atoms with E-state index >= 15 is 0 Å². The van der Waals surface area contributed by atoms with E-state index in [-0.39, 0.29) is 5.91 Å². The quantitative estimate of drug-likeness (QED) is 0.849. The average Bonchev–Trinajstić information content (AvgIpc) is 3.14. The van der Waals surface area contributed by atoms with E-state index in [0.29, 0.717) is 12.0 Å². The molecular weight excluding hydrogens is 302 g/mol. The van der Waals surface area contributed by atoms with E-state index < -0.39 is 0 Å². The molecule has 24 heavy (non-hydrogen) atoms. The van der Waals surface area contributed by atoms with Gasteiger partial charge in [0.1, 0.15) is 0 Å². The Morgan fingerprint density at radius 1 is 1.25 bits per heavy atom. The van der Waals surface area contributed by atoms with Crippen molar-refractivity contribution >= 4 is 5.91 Å². The number of hydrogen-bond donors (Lipinski definition) is 0. The second-order valence-corrected chi connectivity index (χ2v) is 6.85. The van der Waals surface area contributed by atoms with Gasteiger partial charge >= 0.3 is 0 Å². The zero-order valence-corrected chi connectivity index (χ0v) is 14.0. The van der Waals surface area contributed by atoms with Crippen molar-refractivity contribution in [2.24, 2.45) is 5.92 Å². The maximum Gasteiger partial charge on any atom is 0.254 e. The first-order valence-corrected chi connectivity index (χ1v) is 8.72. The molecule has 4 rings (SSSR count). The van der Waals surface area contributed by atoms with Crippen LogP contribution in [0.1, 0.15) is 35.3 Å². The van der Waals surface area contributed by atoms with Crippen molar-refractivity contribution in [3.8, 4) is 5.69 Å². The van der Waals surface area contributed by atoms with Crippen LogP contribution in [0.3, 0.4) is 0 Å². The fraction of sp³-hybridized carbons (Fsp3) is 0.474. The summed E-state index contributed by atoms with van der Waals surface area (Å²) in [7, 11) is 0. The van der Waals surface area contributed by atoms with Crippen molar-refractivity contribution < 1.29 is 9.53 Å². The molecule has 1 aliphatic carbocycles. The summed E-state index contributed by atoms with van der Waals surface area (Å²) in [4.78, 5) is 15.0. The van der Waals surface area contributed by atoms with Crippen molar-refractivity contribution in [3.05, 3.63) is 47.8 Å². The molecule has 1 saturated heterocycles. The van der Waals surface area contributed by atoms with Gasteiger partial charge in [0.2, 0.25) is 0 Å². The van der Waals surface area contributed by atoms with E-state index in [4.69, 9.17) is 4.74 Å². The Labute approximate surface area is 142 Å². The summed E-state index contributed by atoms with van der Waals surface area (Å²) in [6, 6.07) is 10.2. The third kappa shape index (κ3) is 3.08. The zero-order valence-electron chi connectivity index (χ0n) is 14.0. The summed E-state index contributed by atoms with van der Waals surface area (Å²) < 4.78 is 7.34. The number of ether oxygens (including phenoxy) is 1. The van der Waals surface area contributed by atoms with Crippen LogP contribution in [0, 0.1) is 12.8 Å². The van der Waals surface area contributed by atoms with Crippen molar-refractivity contribution in [2.45, 2.75) is 32.2 Å². The van der Waals surface area contributed by atoms with E-state index in [9.17, 15) is 4.79 Å². The van der Waals surface area contributed by atoms with Crippen molar-refractivity contribution in [1.29, 1.82) is 0 Å². The molecule has 1 atom stereocenters. The maximum atomic E-state index is 12.9. The fourth-order valence-corrected chi connectivity index (χ4v) is 3.34. The Hall–Kier alpha value is -2.14. The van der Waals surface area contributed by atoms with Crippen LogP contribution in [0.15, 0.2) is 36.5 Å². The summed E-state index contributed by atoms with van der Waals surface area (Å²) in [6.07, 6.45) is 5.11. The van der Waals surface area contributed by atoms with Gasteiger partial charge in [0.05, 0.1) is 12.3 Å². The normalized spacial score (nSPS) is 20.3. The largest absolute Gasteiger partial charge is 0.381 e. The van der Waals surface area contributed by atoms with Gasteiger partial charge in [0.25, 0.3) is 5.91 Å². The standard InChI is InChI=1S/C19H23N3O2/c1-14-8-10-20-22(14)18-4-2-16(3-5-18)19(23)21(17-6-7-17)12-15-9-11-24-13-15/h2-5,8,10,15,17H,6-7,9,11-13H2,1H3/t15-/m1/s1. The van der Waals surface area contributed by atoms with Crippen LogP contribution in [0.25, 0.3) is 5.69 Å². The lowest BCUT2D eigenvalue weighted by Crippen LogP contribution is -2.37. The van der Waals surface area contributed by atoms with Crippen LogP contribution in [0.2, 0.25) is 0 Å². The van der Waals surface area contributed by atoms with Crippen LogP contribution >= 0.6 is 0 Å². The first kappa shape index (κ1) is 15.4. The molecule has 2 fully saturated rings. The summed E-state index contributed by atoms with van der Waals surface area (Å²) in [6.45, 7) is 4.46. The first-order chi connectivity index (χ1) is 11.7. The number of aromatic nitrogens is 2. The Morgan fingerprint density at radius 2 is 2.04 bits per heavy atom. The molecule has 1 aliphatic heterocycles. The molecule has 0 radical (unpaired) electrons. The molecule has 2 aliphatic rings. The van der Waals surface area contributed by atoms with Gasteiger partial charge in [-0.3, -0.25) is 4.79 Å². The van der Waals surface area contributed by atoms with Gasteiger partial charge in [-0.25, -0.2) is 4.68 Å². The summed E-state index contributed by atoms with van der Waals surface area (Å²) >= 11 is 0. The molecule has 1 amide bonds. The Kier molecular flexibility index (Phi) is 4.10. The van der Waals surface area contributed by atoms with E-state index in [1.807, 2.05) is 41.9 Å². The Balaban J connectivity index is 1.51. The number of hydrogen-bond acceptors (Lipinski definition) is 3. The molecule has 0 bridgehead atoms. The predicted octanol–water partition coefficient (Wildman–Crippen LogP) is 2.82. The minimum Gasteiger partial charge on any atom is -0.381 e. The van der Waals surface area contributed by atoms with Gasteiger partial charge in [-0.15, -0.1) is 0 Å². The van der Waals surface area contributed by atoms with E-state index in [1.54, 1.807) is 6.20 Å². The average molecular weight is 325 g/mol. The molecule has 1 saturated carbocycles. The maximum absolute atomic E-state index is 12.9. The van der Waals surface area contributed by atoms with Crippen molar-refractivity contribution in [3.63, 3.8) is 0 Å². The number of rotatable bonds is 5. The van der Waals surface area contributed by atoms with Gasteiger partial charge in [0.15, 0.2) is 0 Å². The number of benzene rings is 1. The Bertz CT molecular complexity index is 712. The molecule has 0 N–H and O–H groups in total. The van der Waals surface area contributed by atoms with Gasteiger partial charge in [-0.05, 0) is 56.5 Å². The number of aryl methyl sites for hydroxylation is 1. The lowest BCUT2D eigenvalue weighted by atomic mass is 10.1. The van der Waals surface area contributed by atoms with Gasteiger partial charge in [0, 0.05) is 42.6 Å². The van der Waals surface area contributed by atoms with Crippen LogP contribution < -0.4 is 0 Å². The number of amides is 1. The van der Waals surface area contributed by atoms with Crippen LogP contribution in [-0.2, 0) is 4.74 Å². The zero-order chi connectivity index (χ0) is 16.5. The van der Waals surface area contributed by atoms with E-state index in [0.717, 1.165) is 56.0 Å². The second kappa shape index (κ2) is 6.40. The monoisotopic (exact) mass is 325 g/mol. The number of carbonyl (C=O) groups is 1. The number of nitrogens with zero attached hydrogens (tertiary/aromatic N) is 3. The third-order valence-electron chi connectivity index (χ3n) is 4.92. The first-order valence-electron chi connectivity index (χ1n) is 8.72. The highest BCUT2D eigenvalue weighted by atomic mass is 16.5. The summed E-state index contributed by atoms with van der Waals surface area (Å²) in [5.41, 5.74) is 2.82. The topological polar surface area (TPSA) is 47.4 Å². The number of carbonyl (C=O) groups excluding carboxylic acids is 1. The molecular formula is C19H23N3O2. The molecule has 0 spiro atoms. The highest BCUT2D eigenvalue weighted by Gasteiger charge is 2.35. The second-order valence-electron chi connectivity index (χ2n) is 6.85. The van der Waals surface area contributed by atoms with Crippen molar-refractivity contribution in [2.75, 3.05) is 19.8 Å². The highest BCUT2D eigenvalue weighted by molar-refractivity contribution is 5.94. The van der Waals surface area contributed by atoms with Crippen LogP contribution in [0.5, 0.6) is 0 Å². The lowest BCUT2D eigenvalue weighted by molar-refractivity contribution is 0.0706. The summed E-state index contributed by atoms with van der Waals surface area (Å²) in [5, 5.41) is 4.31. The lowest BCUT2D eigenvalue weighted by Gasteiger charge is -2.25. The van der Waals surface area contributed by atoms with Crippen molar-refractivity contribution in [1.82, 2.24) is 14.7 Å². The fourth-order valence-electron chi connectivity index (χ4n) is 3.34. The van der Waals surface area contributed by atoms with Gasteiger partial charge in [-0.2, -0.15) is 5.10 Å². The minimum absolute atomic E-state index is 0.146. The molecule has 5 heteroatoms. The van der Waals surface area contributed by atoms with Gasteiger partial charge < -0.3 is 9.64 Å². The molecule has 5 nitrogen and oxygen atoms in total. The minimum atomic E-state index is 0.146. The highest BCUT2D eigenvalue weighted by Crippen LogP contribution is 2.30. The third-order valence-corrected chi connectivity index (χ3v) is 4.92. The molecule has 0 unspecified atom stereocenters.